The zero-order valence-corrected chi connectivity index (χ0v) is 18.3. The van der Waals surface area contributed by atoms with Gasteiger partial charge in [0.2, 0.25) is 5.91 Å². The highest BCUT2D eigenvalue weighted by atomic mass is 16.5. The van der Waals surface area contributed by atoms with Crippen molar-refractivity contribution in [2.45, 2.75) is 19.0 Å². The summed E-state index contributed by atoms with van der Waals surface area (Å²) in [6.07, 6.45) is 0. The van der Waals surface area contributed by atoms with Crippen LogP contribution in [0, 0.1) is 0 Å². The molecule has 0 spiro atoms. The van der Waals surface area contributed by atoms with E-state index in [4.69, 9.17) is 14.2 Å². The number of benzene rings is 2. The van der Waals surface area contributed by atoms with Crippen LogP contribution >= 0.6 is 0 Å². The Labute approximate surface area is 189 Å². The molecule has 2 aromatic carbocycles. The Morgan fingerprint density at radius 3 is 2.42 bits per heavy atom. The lowest BCUT2D eigenvalue weighted by molar-refractivity contribution is -0.123. The molecule has 0 bridgehead atoms. The van der Waals surface area contributed by atoms with Crippen molar-refractivity contribution in [1.29, 1.82) is 0 Å². The fraction of sp³-hybridized carbons (Fsp3) is 0.318. The first kappa shape index (κ1) is 22.1. The molecule has 3 amide bonds. The first-order valence-corrected chi connectivity index (χ1v) is 10.3. The van der Waals surface area contributed by atoms with Gasteiger partial charge in [-0.1, -0.05) is 5.22 Å². The van der Waals surface area contributed by atoms with Crippen LogP contribution in [0.2, 0.25) is 0 Å². The summed E-state index contributed by atoms with van der Waals surface area (Å²) >= 11 is 0. The van der Waals surface area contributed by atoms with Gasteiger partial charge in [-0.2, -0.15) is 5.11 Å². The lowest BCUT2D eigenvalue weighted by Crippen LogP contribution is -2.43. The Morgan fingerprint density at radius 1 is 1.03 bits per heavy atom. The summed E-state index contributed by atoms with van der Waals surface area (Å²) in [4.78, 5) is 39.6. The zero-order valence-electron chi connectivity index (χ0n) is 18.3. The van der Waals surface area contributed by atoms with Gasteiger partial charge in [-0.05, 0) is 43.3 Å². The highest BCUT2D eigenvalue weighted by Gasteiger charge is 2.55. The third kappa shape index (κ3) is 4.16. The molecule has 2 aliphatic heterocycles. The van der Waals surface area contributed by atoms with Crippen LogP contribution in [0.1, 0.15) is 6.92 Å². The molecule has 2 aliphatic rings. The van der Waals surface area contributed by atoms with Crippen LogP contribution in [0.5, 0.6) is 17.2 Å². The molecule has 0 unspecified atom stereocenters. The average Bonchev–Trinajstić information content (AvgIpc) is 3.34. The Kier molecular flexibility index (Phi) is 6.11. The van der Waals surface area contributed by atoms with Crippen molar-refractivity contribution in [3.8, 4) is 17.2 Å². The Balaban J connectivity index is 1.46. The van der Waals surface area contributed by atoms with E-state index in [-0.39, 0.29) is 6.54 Å². The number of anilines is 2. The highest BCUT2D eigenvalue weighted by molar-refractivity contribution is 6.25. The first-order chi connectivity index (χ1) is 16.0. The van der Waals surface area contributed by atoms with Crippen molar-refractivity contribution in [3.05, 3.63) is 42.5 Å². The molecule has 2 heterocycles. The molecule has 0 aliphatic carbocycles. The van der Waals surface area contributed by atoms with E-state index >= 15 is 0 Å². The zero-order chi connectivity index (χ0) is 23.5. The molecule has 1 saturated heterocycles. The van der Waals surface area contributed by atoms with Gasteiger partial charge in [0.05, 0.1) is 32.2 Å². The summed E-state index contributed by atoms with van der Waals surface area (Å²) in [5.41, 5.74) is 0.839. The van der Waals surface area contributed by atoms with Crippen molar-refractivity contribution in [1.82, 2.24) is 5.01 Å². The number of nitrogens with one attached hydrogen (secondary N) is 1. The molecule has 172 valence electrons. The van der Waals surface area contributed by atoms with Crippen molar-refractivity contribution < 1.29 is 28.6 Å². The van der Waals surface area contributed by atoms with E-state index < -0.39 is 29.8 Å². The normalized spacial score (nSPS) is 19.0. The van der Waals surface area contributed by atoms with E-state index in [1.54, 1.807) is 42.5 Å². The lowest BCUT2D eigenvalue weighted by Gasteiger charge is -2.20. The molecule has 2 atom stereocenters. The molecule has 2 aromatic rings. The molecule has 0 aromatic heterocycles. The average molecular weight is 453 g/mol. The number of fused-ring (bicyclic) bond motifs is 1. The van der Waals surface area contributed by atoms with E-state index in [9.17, 15) is 14.4 Å². The predicted octanol–water partition coefficient (Wildman–Crippen LogP) is 2.03. The minimum Gasteiger partial charge on any atom is -0.497 e. The van der Waals surface area contributed by atoms with E-state index in [0.717, 1.165) is 4.90 Å². The van der Waals surface area contributed by atoms with Gasteiger partial charge in [-0.25, -0.2) is 4.90 Å². The highest BCUT2D eigenvalue weighted by Crippen LogP contribution is 2.33. The summed E-state index contributed by atoms with van der Waals surface area (Å²) in [6, 6.07) is 9.61. The smallest absolute Gasteiger partial charge is 0.263 e. The summed E-state index contributed by atoms with van der Waals surface area (Å²) in [5, 5.41) is 11.8. The second-order valence-corrected chi connectivity index (χ2v) is 7.25. The Morgan fingerprint density at radius 2 is 1.76 bits per heavy atom. The fourth-order valence-corrected chi connectivity index (χ4v) is 3.71. The SMILES string of the molecule is CCOc1ccc(N2C(=O)[C@H]3N=NN(CC(=O)Nc4ccc(OC)cc4OC)[C@H]3C2=O)cc1. The van der Waals surface area contributed by atoms with Crippen LogP contribution in [-0.2, 0) is 14.4 Å². The molecule has 11 nitrogen and oxygen atoms in total. The molecule has 0 radical (unpaired) electrons. The van der Waals surface area contributed by atoms with Crippen LogP contribution in [-0.4, -0.2) is 62.2 Å². The maximum atomic E-state index is 13.1. The number of hydrogen-bond acceptors (Lipinski definition) is 9. The maximum Gasteiger partial charge on any atom is 0.263 e. The second-order valence-electron chi connectivity index (χ2n) is 7.25. The quantitative estimate of drug-likeness (QED) is 0.607. The third-order valence-electron chi connectivity index (χ3n) is 5.25. The van der Waals surface area contributed by atoms with Crippen LogP contribution in [0.15, 0.2) is 52.8 Å². The van der Waals surface area contributed by atoms with Crippen molar-refractivity contribution in [2.75, 3.05) is 37.6 Å². The number of ether oxygens (including phenoxy) is 3. The molecular formula is C22H23N5O6. The number of methoxy groups -OCH3 is 2. The standard InChI is InChI=1S/C22H23N5O6/c1-4-33-14-7-5-13(6-8-14)27-21(29)19-20(22(27)30)26(25-24-19)12-18(28)23-16-10-9-15(31-2)11-17(16)32-3/h5-11,19-20H,4,12H2,1-3H3,(H,23,28)/t19-,20+/m0/s1. The molecule has 1 N–H and O–H groups in total. The van der Waals surface area contributed by atoms with Gasteiger partial charge >= 0.3 is 0 Å². The minimum atomic E-state index is -0.993. The second kappa shape index (κ2) is 9.15. The molecule has 1 fully saturated rings. The van der Waals surface area contributed by atoms with Crippen molar-refractivity contribution in [3.63, 3.8) is 0 Å². The largest absolute Gasteiger partial charge is 0.497 e. The van der Waals surface area contributed by atoms with Crippen LogP contribution < -0.4 is 24.4 Å². The number of hydrogen-bond donors (Lipinski definition) is 1. The summed E-state index contributed by atoms with van der Waals surface area (Å²) in [5.74, 6) is 0.194. The van der Waals surface area contributed by atoms with E-state index in [1.165, 1.54) is 19.2 Å². The molecular weight excluding hydrogens is 430 g/mol. The maximum absolute atomic E-state index is 13.1. The lowest BCUT2D eigenvalue weighted by atomic mass is 10.1. The molecule has 0 saturated carbocycles. The number of amides is 3. The van der Waals surface area contributed by atoms with Crippen molar-refractivity contribution in [2.24, 2.45) is 10.3 Å². The summed E-state index contributed by atoms with van der Waals surface area (Å²) in [7, 11) is 3.00. The van der Waals surface area contributed by atoms with Gasteiger partial charge < -0.3 is 19.5 Å². The fourth-order valence-electron chi connectivity index (χ4n) is 3.71. The Bertz CT molecular complexity index is 1100. The number of rotatable bonds is 8. The van der Waals surface area contributed by atoms with Gasteiger partial charge in [0, 0.05) is 6.07 Å². The molecule has 11 heteroatoms. The topological polar surface area (TPSA) is 122 Å². The van der Waals surface area contributed by atoms with Crippen LogP contribution in [0.4, 0.5) is 11.4 Å². The van der Waals surface area contributed by atoms with E-state index in [2.05, 4.69) is 15.7 Å². The summed E-state index contributed by atoms with van der Waals surface area (Å²) in [6.45, 7) is 2.10. The van der Waals surface area contributed by atoms with Gasteiger partial charge in [0.25, 0.3) is 11.8 Å². The van der Waals surface area contributed by atoms with Crippen LogP contribution in [0.3, 0.4) is 0 Å². The molecule has 4 rings (SSSR count). The van der Waals surface area contributed by atoms with Gasteiger partial charge in [0.15, 0.2) is 12.1 Å². The Hall–Kier alpha value is -4.15. The van der Waals surface area contributed by atoms with Crippen molar-refractivity contribution >= 4 is 29.1 Å². The van der Waals surface area contributed by atoms with E-state index in [1.807, 2.05) is 6.92 Å². The van der Waals surface area contributed by atoms with Gasteiger partial charge in [-0.3, -0.25) is 19.4 Å². The summed E-state index contributed by atoms with van der Waals surface area (Å²) < 4.78 is 15.8. The van der Waals surface area contributed by atoms with Gasteiger partial charge in [-0.15, -0.1) is 0 Å². The first-order valence-electron chi connectivity index (χ1n) is 10.3. The monoisotopic (exact) mass is 453 g/mol. The van der Waals surface area contributed by atoms with E-state index in [0.29, 0.717) is 35.2 Å². The number of imide groups is 1. The van der Waals surface area contributed by atoms with Crippen LogP contribution in [0.25, 0.3) is 0 Å². The minimum absolute atomic E-state index is 0.268. The third-order valence-corrected chi connectivity index (χ3v) is 5.25. The number of carbonyl (C=O) groups excluding carboxylic acids is 3. The number of nitrogens with zero attached hydrogens (tertiary/aromatic N) is 4. The molecule has 33 heavy (non-hydrogen) atoms. The van der Waals surface area contributed by atoms with Gasteiger partial charge in [0.1, 0.15) is 23.8 Å². The predicted molar refractivity (Wildman–Crippen MR) is 117 cm³/mol. The number of carbonyl (C=O) groups is 3.